The Morgan fingerprint density at radius 3 is 2.52 bits per heavy atom. The van der Waals surface area contributed by atoms with E-state index in [0.717, 1.165) is 5.69 Å². The first-order valence-electron chi connectivity index (χ1n) is 7.28. The van der Waals surface area contributed by atoms with Crippen molar-refractivity contribution in [2.24, 2.45) is 0 Å². The summed E-state index contributed by atoms with van der Waals surface area (Å²) < 4.78 is 1.50. The normalized spacial score (nSPS) is 10.7. The number of amides is 2. The Balaban J connectivity index is 2.16. The van der Waals surface area contributed by atoms with Gasteiger partial charge in [-0.3, -0.25) is 9.59 Å². The topological polar surface area (TPSA) is 76.0 Å². The molecule has 6 nitrogen and oxygen atoms in total. The SMILES string of the molecule is Cc1nn(-c2ccccc2)c(Cl)c1C(=O)NCC(=O)NC(C)C. The molecule has 0 aliphatic rings. The summed E-state index contributed by atoms with van der Waals surface area (Å²) in [5.41, 5.74) is 1.53. The van der Waals surface area contributed by atoms with Crippen LogP contribution in [-0.2, 0) is 4.79 Å². The van der Waals surface area contributed by atoms with Crippen LogP contribution in [0.25, 0.3) is 5.69 Å². The van der Waals surface area contributed by atoms with Crippen molar-refractivity contribution >= 4 is 23.4 Å². The molecular formula is C16H19ClN4O2. The molecule has 2 aromatic rings. The van der Waals surface area contributed by atoms with Gasteiger partial charge in [0.25, 0.3) is 5.91 Å². The molecule has 0 saturated heterocycles. The number of carbonyl (C=O) groups is 2. The van der Waals surface area contributed by atoms with E-state index >= 15 is 0 Å². The Kier molecular flexibility index (Phi) is 5.39. The highest BCUT2D eigenvalue weighted by atomic mass is 35.5. The first-order valence-corrected chi connectivity index (χ1v) is 7.66. The number of halogens is 1. The maximum Gasteiger partial charge on any atom is 0.256 e. The fraction of sp³-hybridized carbons (Fsp3) is 0.312. The number of aryl methyl sites for hydroxylation is 1. The smallest absolute Gasteiger partial charge is 0.256 e. The van der Waals surface area contributed by atoms with Crippen LogP contribution >= 0.6 is 11.6 Å². The summed E-state index contributed by atoms with van der Waals surface area (Å²) in [6.45, 7) is 5.30. The van der Waals surface area contributed by atoms with Crippen LogP contribution in [0.15, 0.2) is 30.3 Å². The van der Waals surface area contributed by atoms with Crippen molar-refractivity contribution in [3.8, 4) is 5.69 Å². The van der Waals surface area contributed by atoms with Gasteiger partial charge in [-0.2, -0.15) is 5.10 Å². The van der Waals surface area contributed by atoms with Gasteiger partial charge >= 0.3 is 0 Å². The van der Waals surface area contributed by atoms with Crippen molar-refractivity contribution in [2.75, 3.05) is 6.54 Å². The number of carbonyl (C=O) groups excluding carboxylic acids is 2. The zero-order chi connectivity index (χ0) is 17.0. The molecule has 23 heavy (non-hydrogen) atoms. The van der Waals surface area contributed by atoms with E-state index in [-0.39, 0.29) is 29.2 Å². The molecule has 0 bridgehead atoms. The third kappa shape index (κ3) is 4.10. The first kappa shape index (κ1) is 17.0. The minimum atomic E-state index is -0.423. The Bertz CT molecular complexity index is 710. The van der Waals surface area contributed by atoms with Crippen LogP contribution in [-0.4, -0.2) is 34.2 Å². The van der Waals surface area contributed by atoms with Crippen molar-refractivity contribution < 1.29 is 9.59 Å². The largest absolute Gasteiger partial charge is 0.352 e. The number of nitrogens with zero attached hydrogens (tertiary/aromatic N) is 2. The number of para-hydroxylation sites is 1. The van der Waals surface area contributed by atoms with Crippen molar-refractivity contribution in [3.05, 3.63) is 46.7 Å². The summed E-state index contributed by atoms with van der Waals surface area (Å²) in [6.07, 6.45) is 0. The third-order valence-corrected chi connectivity index (χ3v) is 3.44. The molecule has 0 atom stereocenters. The van der Waals surface area contributed by atoms with Gasteiger partial charge in [0.15, 0.2) is 0 Å². The maximum absolute atomic E-state index is 12.3. The van der Waals surface area contributed by atoms with Crippen LogP contribution in [0.3, 0.4) is 0 Å². The molecule has 0 saturated carbocycles. The molecule has 0 fully saturated rings. The van der Waals surface area contributed by atoms with Crippen LogP contribution in [0.5, 0.6) is 0 Å². The lowest BCUT2D eigenvalue weighted by atomic mass is 10.2. The Hall–Kier alpha value is -2.34. The molecule has 1 heterocycles. The molecule has 1 aromatic heterocycles. The monoisotopic (exact) mass is 334 g/mol. The van der Waals surface area contributed by atoms with Gasteiger partial charge in [-0.15, -0.1) is 0 Å². The average Bonchev–Trinajstić information content (AvgIpc) is 2.80. The number of hydrogen-bond donors (Lipinski definition) is 2. The lowest BCUT2D eigenvalue weighted by molar-refractivity contribution is -0.120. The van der Waals surface area contributed by atoms with E-state index in [1.807, 2.05) is 44.2 Å². The number of hydrogen-bond acceptors (Lipinski definition) is 3. The molecule has 122 valence electrons. The van der Waals surface area contributed by atoms with Crippen LogP contribution in [0.2, 0.25) is 5.15 Å². The van der Waals surface area contributed by atoms with E-state index in [2.05, 4.69) is 15.7 Å². The quantitative estimate of drug-likeness (QED) is 0.879. The van der Waals surface area contributed by atoms with Gasteiger partial charge < -0.3 is 10.6 Å². The number of aromatic nitrogens is 2. The van der Waals surface area contributed by atoms with Gasteiger partial charge in [0, 0.05) is 6.04 Å². The van der Waals surface area contributed by atoms with Crippen LogP contribution < -0.4 is 10.6 Å². The van der Waals surface area contributed by atoms with E-state index in [0.29, 0.717) is 5.69 Å². The van der Waals surface area contributed by atoms with Crippen molar-refractivity contribution in [1.82, 2.24) is 20.4 Å². The van der Waals surface area contributed by atoms with Gasteiger partial charge in [-0.05, 0) is 32.9 Å². The standard InChI is InChI=1S/C16H19ClN4O2/c1-10(2)19-13(22)9-18-16(23)14-11(3)20-21(15(14)17)12-7-5-4-6-8-12/h4-8,10H,9H2,1-3H3,(H,18,23)(H,19,22). The molecule has 2 N–H and O–H groups in total. The van der Waals surface area contributed by atoms with E-state index in [1.54, 1.807) is 6.92 Å². The number of benzene rings is 1. The second kappa shape index (κ2) is 7.28. The molecule has 0 aliphatic heterocycles. The Morgan fingerprint density at radius 2 is 1.91 bits per heavy atom. The van der Waals surface area contributed by atoms with E-state index in [4.69, 9.17) is 11.6 Å². The van der Waals surface area contributed by atoms with Gasteiger partial charge in [-0.1, -0.05) is 29.8 Å². The minimum Gasteiger partial charge on any atom is -0.352 e. The summed E-state index contributed by atoms with van der Waals surface area (Å²) >= 11 is 6.30. The lowest BCUT2D eigenvalue weighted by Crippen LogP contribution is -2.39. The summed E-state index contributed by atoms with van der Waals surface area (Å²) in [5, 5.41) is 9.78. The fourth-order valence-electron chi connectivity index (χ4n) is 2.12. The molecular weight excluding hydrogens is 316 g/mol. The zero-order valence-electron chi connectivity index (χ0n) is 13.3. The van der Waals surface area contributed by atoms with Crippen molar-refractivity contribution in [3.63, 3.8) is 0 Å². The summed E-state index contributed by atoms with van der Waals surface area (Å²) in [6, 6.07) is 9.31. The van der Waals surface area contributed by atoms with E-state index < -0.39 is 5.91 Å². The highest BCUT2D eigenvalue weighted by molar-refractivity contribution is 6.33. The molecule has 1 aromatic carbocycles. The molecule has 2 amide bonds. The predicted octanol–water partition coefficient (Wildman–Crippen LogP) is 2.09. The Morgan fingerprint density at radius 1 is 1.26 bits per heavy atom. The van der Waals surface area contributed by atoms with E-state index in [1.165, 1.54) is 4.68 Å². The minimum absolute atomic E-state index is 0.0190. The molecule has 0 spiro atoms. The molecule has 0 radical (unpaired) electrons. The predicted molar refractivity (Wildman–Crippen MR) is 88.9 cm³/mol. The first-order chi connectivity index (χ1) is 10.9. The van der Waals surface area contributed by atoms with Crippen molar-refractivity contribution in [1.29, 1.82) is 0 Å². The van der Waals surface area contributed by atoms with Gasteiger partial charge in [0.05, 0.1) is 23.5 Å². The fourth-order valence-corrected chi connectivity index (χ4v) is 2.48. The highest BCUT2D eigenvalue weighted by Crippen LogP contribution is 2.23. The van der Waals surface area contributed by atoms with Crippen LogP contribution in [0.4, 0.5) is 0 Å². The second-order valence-corrected chi connectivity index (χ2v) is 5.76. The molecule has 0 unspecified atom stereocenters. The lowest BCUT2D eigenvalue weighted by Gasteiger charge is -2.09. The van der Waals surface area contributed by atoms with Gasteiger partial charge in [0.2, 0.25) is 5.91 Å². The second-order valence-electron chi connectivity index (χ2n) is 5.40. The summed E-state index contributed by atoms with van der Waals surface area (Å²) in [4.78, 5) is 23.9. The van der Waals surface area contributed by atoms with Crippen molar-refractivity contribution in [2.45, 2.75) is 26.8 Å². The molecule has 0 aliphatic carbocycles. The van der Waals surface area contributed by atoms with Crippen LogP contribution in [0.1, 0.15) is 29.9 Å². The number of nitrogens with one attached hydrogen (secondary N) is 2. The van der Waals surface area contributed by atoms with Gasteiger partial charge in [-0.25, -0.2) is 4.68 Å². The zero-order valence-corrected chi connectivity index (χ0v) is 14.0. The van der Waals surface area contributed by atoms with E-state index in [9.17, 15) is 9.59 Å². The summed E-state index contributed by atoms with van der Waals surface area (Å²) in [5.74, 6) is -0.675. The number of rotatable bonds is 5. The Labute approximate surface area is 139 Å². The van der Waals surface area contributed by atoms with Gasteiger partial charge in [0.1, 0.15) is 5.15 Å². The van der Waals surface area contributed by atoms with Crippen LogP contribution in [0, 0.1) is 6.92 Å². The summed E-state index contributed by atoms with van der Waals surface area (Å²) in [7, 11) is 0. The molecule has 2 rings (SSSR count). The molecule has 7 heteroatoms. The average molecular weight is 335 g/mol. The maximum atomic E-state index is 12.3. The highest BCUT2D eigenvalue weighted by Gasteiger charge is 2.21. The third-order valence-electron chi connectivity index (χ3n) is 3.09.